The summed E-state index contributed by atoms with van der Waals surface area (Å²) in [6.45, 7) is 7.50. The minimum Gasteiger partial charge on any atom is -0.372 e. The number of carbonyl (C=O) groups excluding carboxylic acids is 2. The number of anilines is 2. The van der Waals surface area contributed by atoms with Crippen LogP contribution in [-0.2, 0) is 9.59 Å². The van der Waals surface area contributed by atoms with Crippen molar-refractivity contribution in [1.82, 2.24) is 5.32 Å². The quantitative estimate of drug-likeness (QED) is 0.694. The Morgan fingerprint density at radius 3 is 2.33 bits per heavy atom. The van der Waals surface area contributed by atoms with Crippen LogP contribution in [-0.4, -0.2) is 23.9 Å². The zero-order chi connectivity index (χ0) is 20.0. The first-order valence-electron chi connectivity index (χ1n) is 8.86. The molecule has 3 N–H and O–H groups in total. The fourth-order valence-electron chi connectivity index (χ4n) is 2.55. The van der Waals surface area contributed by atoms with Gasteiger partial charge in [0.25, 0.3) is 0 Å². The molecule has 6 heteroatoms. The van der Waals surface area contributed by atoms with Crippen molar-refractivity contribution in [1.29, 1.82) is 0 Å². The van der Waals surface area contributed by atoms with Crippen molar-refractivity contribution in [2.45, 2.75) is 39.7 Å². The lowest BCUT2D eigenvalue weighted by Crippen LogP contribution is -2.48. The summed E-state index contributed by atoms with van der Waals surface area (Å²) in [7, 11) is 0. The first kappa shape index (κ1) is 20.4. The highest BCUT2D eigenvalue weighted by molar-refractivity contribution is 5.92. The molecule has 0 atom stereocenters. The van der Waals surface area contributed by atoms with Gasteiger partial charge in [0.2, 0.25) is 11.8 Å². The lowest BCUT2D eigenvalue weighted by Gasteiger charge is -2.26. The van der Waals surface area contributed by atoms with E-state index in [9.17, 15) is 14.0 Å². The van der Waals surface area contributed by atoms with Crippen molar-refractivity contribution < 1.29 is 14.0 Å². The molecule has 0 saturated carbocycles. The highest BCUT2D eigenvalue weighted by atomic mass is 19.1. The Morgan fingerprint density at radius 1 is 1.04 bits per heavy atom. The maximum Gasteiger partial charge on any atom is 0.245 e. The summed E-state index contributed by atoms with van der Waals surface area (Å²) in [5, 5.41) is 8.68. The number of hydrogen-bond donors (Lipinski definition) is 3. The van der Waals surface area contributed by atoms with Gasteiger partial charge in [-0.25, -0.2) is 4.39 Å². The zero-order valence-electron chi connectivity index (χ0n) is 16.2. The summed E-state index contributed by atoms with van der Waals surface area (Å²) in [6, 6.07) is 12.0. The second-order valence-electron chi connectivity index (χ2n) is 7.13. The van der Waals surface area contributed by atoms with E-state index < -0.39 is 5.54 Å². The van der Waals surface area contributed by atoms with Crippen molar-refractivity contribution in [3.05, 3.63) is 59.4 Å². The molecule has 5 nitrogen and oxygen atoms in total. The number of amides is 2. The first-order chi connectivity index (χ1) is 12.7. The molecule has 0 aromatic heterocycles. The number of halogens is 1. The maximum absolute atomic E-state index is 13.1. The summed E-state index contributed by atoms with van der Waals surface area (Å²) in [5.74, 6) is -0.788. The number of hydrogen-bond acceptors (Lipinski definition) is 3. The van der Waals surface area contributed by atoms with Crippen LogP contribution in [0.2, 0.25) is 0 Å². The molecule has 0 unspecified atom stereocenters. The summed E-state index contributed by atoms with van der Waals surface area (Å²) >= 11 is 0. The molecule has 27 heavy (non-hydrogen) atoms. The zero-order valence-corrected chi connectivity index (χ0v) is 16.2. The summed E-state index contributed by atoms with van der Waals surface area (Å²) in [5.41, 5.74) is 2.39. The Hall–Kier alpha value is -2.89. The monoisotopic (exact) mass is 371 g/mol. The Kier molecular flexibility index (Phi) is 6.55. The van der Waals surface area contributed by atoms with E-state index in [1.165, 1.54) is 18.2 Å². The van der Waals surface area contributed by atoms with E-state index in [0.29, 0.717) is 11.3 Å². The normalized spacial score (nSPS) is 11.0. The SMILES string of the molecule is Cc1ccc(NC(C)(C)C(=O)NCCC(=O)Nc2ccc(F)cc2C)cc1. The van der Waals surface area contributed by atoms with Gasteiger partial charge in [-0.05, 0) is 63.6 Å². The topological polar surface area (TPSA) is 70.2 Å². The van der Waals surface area contributed by atoms with Crippen LogP contribution in [0, 0.1) is 19.7 Å². The maximum atomic E-state index is 13.1. The standard InChI is InChI=1S/C21H26FN3O2/c1-14-5-8-17(9-6-14)25-21(3,4)20(27)23-12-11-19(26)24-18-10-7-16(22)13-15(18)2/h5-10,13,25H,11-12H2,1-4H3,(H,23,27)(H,24,26). The molecular formula is C21H26FN3O2. The Balaban J connectivity index is 1.81. The largest absolute Gasteiger partial charge is 0.372 e. The van der Waals surface area contributed by atoms with Gasteiger partial charge >= 0.3 is 0 Å². The number of rotatable bonds is 7. The molecular weight excluding hydrogens is 345 g/mol. The molecule has 2 amide bonds. The molecule has 0 aliphatic rings. The third-order valence-corrected chi connectivity index (χ3v) is 4.18. The minimum absolute atomic E-state index is 0.128. The van der Waals surface area contributed by atoms with Crippen LogP contribution < -0.4 is 16.0 Å². The fraction of sp³-hybridized carbons (Fsp3) is 0.333. The van der Waals surface area contributed by atoms with Crippen molar-refractivity contribution >= 4 is 23.2 Å². The van der Waals surface area contributed by atoms with E-state index in [0.717, 1.165) is 11.3 Å². The van der Waals surface area contributed by atoms with Gasteiger partial charge in [-0.1, -0.05) is 17.7 Å². The lowest BCUT2D eigenvalue weighted by molar-refractivity contribution is -0.124. The van der Waals surface area contributed by atoms with Gasteiger partial charge < -0.3 is 16.0 Å². The van der Waals surface area contributed by atoms with E-state index in [1.54, 1.807) is 20.8 Å². The highest BCUT2D eigenvalue weighted by Gasteiger charge is 2.27. The summed E-state index contributed by atoms with van der Waals surface area (Å²) in [6.07, 6.45) is 0.128. The van der Waals surface area contributed by atoms with Crippen molar-refractivity contribution in [2.24, 2.45) is 0 Å². The van der Waals surface area contributed by atoms with E-state index >= 15 is 0 Å². The number of aryl methyl sites for hydroxylation is 2. The molecule has 2 rings (SSSR count). The van der Waals surface area contributed by atoms with Gasteiger partial charge in [0.05, 0.1) is 0 Å². The van der Waals surface area contributed by atoms with Crippen LogP contribution in [0.4, 0.5) is 15.8 Å². The van der Waals surface area contributed by atoms with Gasteiger partial charge in [0.1, 0.15) is 11.4 Å². The van der Waals surface area contributed by atoms with E-state index in [2.05, 4.69) is 16.0 Å². The van der Waals surface area contributed by atoms with Crippen LogP contribution in [0.3, 0.4) is 0 Å². The molecule has 0 bridgehead atoms. The summed E-state index contributed by atoms with van der Waals surface area (Å²) < 4.78 is 13.1. The van der Waals surface area contributed by atoms with Crippen LogP contribution in [0.1, 0.15) is 31.4 Å². The molecule has 0 aliphatic heterocycles. The molecule has 2 aromatic carbocycles. The number of benzene rings is 2. The van der Waals surface area contributed by atoms with Crippen molar-refractivity contribution in [3.63, 3.8) is 0 Å². The van der Waals surface area contributed by atoms with Gasteiger partial charge in [-0.15, -0.1) is 0 Å². The lowest BCUT2D eigenvalue weighted by atomic mass is 10.0. The van der Waals surface area contributed by atoms with E-state index in [1.807, 2.05) is 31.2 Å². The molecule has 0 saturated heterocycles. The van der Waals surface area contributed by atoms with Gasteiger partial charge in [-0.3, -0.25) is 9.59 Å². The average Bonchev–Trinajstić information content (AvgIpc) is 2.59. The Bertz CT molecular complexity index is 817. The van der Waals surface area contributed by atoms with Crippen LogP contribution in [0.5, 0.6) is 0 Å². The highest BCUT2D eigenvalue weighted by Crippen LogP contribution is 2.17. The van der Waals surface area contributed by atoms with Crippen LogP contribution in [0.25, 0.3) is 0 Å². The third-order valence-electron chi connectivity index (χ3n) is 4.18. The molecule has 0 spiro atoms. The third kappa shape index (κ3) is 6.09. The second-order valence-corrected chi connectivity index (χ2v) is 7.13. The average molecular weight is 371 g/mol. The summed E-state index contributed by atoms with van der Waals surface area (Å²) in [4.78, 5) is 24.5. The predicted molar refractivity (Wildman–Crippen MR) is 106 cm³/mol. The van der Waals surface area contributed by atoms with Gasteiger partial charge in [0, 0.05) is 24.3 Å². The molecule has 0 aliphatic carbocycles. The molecule has 0 heterocycles. The molecule has 2 aromatic rings. The number of nitrogens with one attached hydrogen (secondary N) is 3. The minimum atomic E-state index is -0.820. The molecule has 0 fully saturated rings. The van der Waals surface area contributed by atoms with Gasteiger partial charge in [-0.2, -0.15) is 0 Å². The van der Waals surface area contributed by atoms with Gasteiger partial charge in [0.15, 0.2) is 0 Å². The van der Waals surface area contributed by atoms with Crippen LogP contribution >= 0.6 is 0 Å². The predicted octanol–water partition coefficient (Wildman–Crippen LogP) is 3.78. The fourth-order valence-corrected chi connectivity index (χ4v) is 2.55. The van der Waals surface area contributed by atoms with Crippen LogP contribution in [0.15, 0.2) is 42.5 Å². The molecule has 0 radical (unpaired) electrons. The molecule has 144 valence electrons. The second kappa shape index (κ2) is 8.66. The van der Waals surface area contributed by atoms with Crippen molar-refractivity contribution in [3.8, 4) is 0 Å². The Morgan fingerprint density at radius 2 is 1.70 bits per heavy atom. The van der Waals surface area contributed by atoms with Crippen molar-refractivity contribution in [2.75, 3.05) is 17.2 Å². The van der Waals surface area contributed by atoms with E-state index in [4.69, 9.17) is 0 Å². The Labute approximate surface area is 159 Å². The first-order valence-corrected chi connectivity index (χ1v) is 8.86. The number of carbonyl (C=O) groups is 2. The van der Waals surface area contributed by atoms with E-state index in [-0.39, 0.29) is 30.6 Å². The smallest absolute Gasteiger partial charge is 0.245 e.